The van der Waals surface area contributed by atoms with Crippen molar-refractivity contribution in [3.63, 3.8) is 0 Å². The summed E-state index contributed by atoms with van der Waals surface area (Å²) in [6.07, 6.45) is 1.51. The van der Waals surface area contributed by atoms with E-state index in [1.807, 2.05) is 23.1 Å². The van der Waals surface area contributed by atoms with Crippen LogP contribution in [0.15, 0.2) is 30.3 Å². The van der Waals surface area contributed by atoms with E-state index in [0.29, 0.717) is 18.9 Å². The maximum Gasteiger partial charge on any atom is 0.317 e. The number of hydrogen-bond donors (Lipinski definition) is 2. The van der Waals surface area contributed by atoms with E-state index in [1.165, 1.54) is 5.56 Å². The van der Waals surface area contributed by atoms with Gasteiger partial charge in [-0.15, -0.1) is 0 Å². The van der Waals surface area contributed by atoms with Gasteiger partial charge in [-0.25, -0.2) is 4.79 Å². The first-order valence-corrected chi connectivity index (χ1v) is 7.39. The Hall–Kier alpha value is -2.04. The van der Waals surface area contributed by atoms with Gasteiger partial charge in [-0.1, -0.05) is 30.3 Å². The zero-order valence-corrected chi connectivity index (χ0v) is 12.3. The van der Waals surface area contributed by atoms with Crippen LogP contribution >= 0.6 is 0 Å². The number of aliphatic carboxylic acids is 1. The highest BCUT2D eigenvalue weighted by Gasteiger charge is 2.32. The topological polar surface area (TPSA) is 69.6 Å². The molecule has 1 aromatic carbocycles. The minimum atomic E-state index is -0.831. The van der Waals surface area contributed by atoms with Gasteiger partial charge in [0.2, 0.25) is 0 Å². The first-order chi connectivity index (χ1) is 10.1. The molecule has 0 aliphatic carbocycles. The van der Waals surface area contributed by atoms with E-state index < -0.39 is 5.97 Å². The number of likely N-dealkylation sites (tertiary alicyclic amines) is 1. The molecular formula is C16H22N2O3. The lowest BCUT2D eigenvalue weighted by molar-refractivity contribution is -0.137. The Morgan fingerprint density at radius 3 is 2.71 bits per heavy atom. The minimum Gasteiger partial charge on any atom is -0.481 e. The number of carboxylic acid groups (broad SMARTS) is 1. The Morgan fingerprint density at radius 1 is 1.33 bits per heavy atom. The van der Waals surface area contributed by atoms with Gasteiger partial charge in [-0.05, 0) is 25.3 Å². The summed E-state index contributed by atoms with van der Waals surface area (Å²) in [7, 11) is 0. The summed E-state index contributed by atoms with van der Waals surface area (Å²) in [4.78, 5) is 24.4. The second kappa shape index (κ2) is 7.11. The smallest absolute Gasteiger partial charge is 0.317 e. The van der Waals surface area contributed by atoms with Gasteiger partial charge in [-0.2, -0.15) is 0 Å². The summed E-state index contributed by atoms with van der Waals surface area (Å²) >= 11 is 0. The molecule has 1 saturated heterocycles. The number of nitrogens with zero attached hydrogens (tertiary/aromatic N) is 1. The Morgan fingerprint density at radius 2 is 2.05 bits per heavy atom. The molecule has 5 nitrogen and oxygen atoms in total. The van der Waals surface area contributed by atoms with Crippen LogP contribution < -0.4 is 5.32 Å². The van der Waals surface area contributed by atoms with Gasteiger partial charge in [-0.3, -0.25) is 4.79 Å². The highest BCUT2D eigenvalue weighted by Crippen LogP contribution is 2.31. The molecule has 2 N–H and O–H groups in total. The number of urea groups is 1. The Balaban J connectivity index is 1.83. The zero-order valence-electron chi connectivity index (χ0n) is 12.3. The molecule has 5 heteroatoms. The fraction of sp³-hybridized carbons (Fsp3) is 0.500. The van der Waals surface area contributed by atoms with Gasteiger partial charge in [0.25, 0.3) is 0 Å². The van der Waals surface area contributed by atoms with Crippen molar-refractivity contribution in [1.82, 2.24) is 10.2 Å². The molecule has 114 valence electrons. The third-order valence-electron chi connectivity index (χ3n) is 3.95. The number of benzene rings is 1. The zero-order chi connectivity index (χ0) is 15.2. The van der Waals surface area contributed by atoms with Crippen molar-refractivity contribution < 1.29 is 14.7 Å². The maximum absolute atomic E-state index is 12.1. The second-order valence-corrected chi connectivity index (χ2v) is 5.57. The van der Waals surface area contributed by atoms with E-state index in [9.17, 15) is 9.59 Å². The average molecular weight is 290 g/mol. The van der Waals surface area contributed by atoms with Crippen LogP contribution in [0.1, 0.15) is 37.7 Å². The Bertz CT molecular complexity index is 490. The third-order valence-corrected chi connectivity index (χ3v) is 3.95. The molecule has 2 amide bonds. The van der Waals surface area contributed by atoms with Crippen LogP contribution in [-0.4, -0.2) is 41.1 Å². The highest BCUT2D eigenvalue weighted by atomic mass is 16.4. The van der Waals surface area contributed by atoms with Crippen LogP contribution in [0.25, 0.3) is 0 Å². The molecule has 0 spiro atoms. The number of hydrogen-bond acceptors (Lipinski definition) is 2. The van der Waals surface area contributed by atoms with Gasteiger partial charge >= 0.3 is 12.0 Å². The van der Waals surface area contributed by atoms with Crippen LogP contribution in [0.2, 0.25) is 0 Å². The standard InChI is InChI=1S/C16H22N2O3/c1-12-10-14(13-6-3-2-4-7-13)11-18(12)16(21)17-9-5-8-15(19)20/h2-4,6-7,12,14H,5,8-11H2,1H3,(H,17,21)(H,19,20). The first-order valence-electron chi connectivity index (χ1n) is 7.39. The molecule has 2 atom stereocenters. The van der Waals surface area contributed by atoms with E-state index in [0.717, 1.165) is 13.0 Å². The van der Waals surface area contributed by atoms with E-state index in [2.05, 4.69) is 24.4 Å². The molecule has 0 aromatic heterocycles. The average Bonchev–Trinajstić information content (AvgIpc) is 2.86. The normalized spacial score (nSPS) is 21.3. The van der Waals surface area contributed by atoms with Crippen LogP contribution in [0.4, 0.5) is 4.79 Å². The summed E-state index contributed by atoms with van der Waals surface area (Å²) in [5.74, 6) is -0.450. The molecule has 1 aliphatic heterocycles. The van der Waals surface area contributed by atoms with Crippen molar-refractivity contribution in [3.8, 4) is 0 Å². The van der Waals surface area contributed by atoms with E-state index in [-0.39, 0.29) is 18.5 Å². The van der Waals surface area contributed by atoms with Crippen molar-refractivity contribution in [2.75, 3.05) is 13.1 Å². The number of carbonyl (C=O) groups excluding carboxylic acids is 1. The second-order valence-electron chi connectivity index (χ2n) is 5.57. The molecular weight excluding hydrogens is 268 g/mol. The van der Waals surface area contributed by atoms with Gasteiger partial charge in [0.1, 0.15) is 0 Å². The predicted molar refractivity (Wildman–Crippen MR) is 80.2 cm³/mol. The van der Waals surface area contributed by atoms with E-state index in [1.54, 1.807) is 0 Å². The Kier molecular flexibility index (Phi) is 5.20. The van der Waals surface area contributed by atoms with Crippen LogP contribution in [0.5, 0.6) is 0 Å². The first kappa shape index (κ1) is 15.4. The summed E-state index contributed by atoms with van der Waals surface area (Å²) in [6, 6.07) is 10.4. The number of rotatable bonds is 5. The molecule has 1 aromatic rings. The molecule has 1 aliphatic rings. The lowest BCUT2D eigenvalue weighted by atomic mass is 9.97. The summed E-state index contributed by atoms with van der Waals surface area (Å²) < 4.78 is 0. The van der Waals surface area contributed by atoms with Crippen LogP contribution in [0, 0.1) is 0 Å². The molecule has 1 fully saturated rings. The van der Waals surface area contributed by atoms with Gasteiger partial charge in [0, 0.05) is 31.5 Å². The van der Waals surface area contributed by atoms with E-state index >= 15 is 0 Å². The predicted octanol–water partition coefficient (Wildman–Crippen LogP) is 2.44. The number of nitrogens with one attached hydrogen (secondary N) is 1. The van der Waals surface area contributed by atoms with E-state index in [4.69, 9.17) is 5.11 Å². The maximum atomic E-state index is 12.1. The quantitative estimate of drug-likeness (QED) is 0.818. The van der Waals surface area contributed by atoms with Gasteiger partial charge in [0.05, 0.1) is 0 Å². The SMILES string of the molecule is CC1CC(c2ccccc2)CN1C(=O)NCCCC(=O)O. The number of carbonyl (C=O) groups is 2. The fourth-order valence-corrected chi connectivity index (χ4v) is 2.82. The Labute approximate surface area is 125 Å². The van der Waals surface area contributed by atoms with Crippen molar-refractivity contribution in [3.05, 3.63) is 35.9 Å². The third kappa shape index (κ3) is 4.21. The summed E-state index contributed by atoms with van der Waals surface area (Å²) in [5, 5.41) is 11.4. The molecule has 0 bridgehead atoms. The van der Waals surface area contributed by atoms with Gasteiger partial charge in [0.15, 0.2) is 0 Å². The fourth-order valence-electron chi connectivity index (χ4n) is 2.82. The molecule has 2 unspecified atom stereocenters. The largest absolute Gasteiger partial charge is 0.481 e. The lowest BCUT2D eigenvalue weighted by Gasteiger charge is -2.21. The molecule has 0 radical (unpaired) electrons. The van der Waals surface area contributed by atoms with Crippen molar-refractivity contribution >= 4 is 12.0 Å². The number of carboxylic acids is 1. The minimum absolute atomic E-state index is 0.0858. The molecule has 0 saturated carbocycles. The van der Waals surface area contributed by atoms with Crippen LogP contribution in [0.3, 0.4) is 0 Å². The van der Waals surface area contributed by atoms with Crippen LogP contribution in [-0.2, 0) is 4.79 Å². The van der Waals surface area contributed by atoms with Gasteiger partial charge < -0.3 is 15.3 Å². The molecule has 1 heterocycles. The number of amides is 2. The molecule has 21 heavy (non-hydrogen) atoms. The lowest BCUT2D eigenvalue weighted by Crippen LogP contribution is -2.42. The summed E-state index contributed by atoms with van der Waals surface area (Å²) in [6.45, 7) is 3.18. The molecule has 2 rings (SSSR count). The highest BCUT2D eigenvalue weighted by molar-refractivity contribution is 5.75. The summed E-state index contributed by atoms with van der Waals surface area (Å²) in [5.41, 5.74) is 1.27. The van der Waals surface area contributed by atoms with Crippen molar-refractivity contribution in [1.29, 1.82) is 0 Å². The van der Waals surface area contributed by atoms with Crippen molar-refractivity contribution in [2.45, 2.75) is 38.1 Å². The van der Waals surface area contributed by atoms with Crippen molar-refractivity contribution in [2.24, 2.45) is 0 Å². The monoisotopic (exact) mass is 290 g/mol.